The molecule has 6 heteroatoms. The zero-order valence-electron chi connectivity index (χ0n) is 10.7. The van der Waals surface area contributed by atoms with Crippen LogP contribution in [0.1, 0.15) is 19.0 Å². The minimum absolute atomic E-state index is 0.0761. The lowest BCUT2D eigenvalue weighted by molar-refractivity contribution is -0.117. The first-order valence-electron chi connectivity index (χ1n) is 6.18. The molecule has 1 aliphatic heterocycles. The Hall–Kier alpha value is -1.40. The molecule has 0 saturated carbocycles. The molecule has 1 fully saturated rings. The van der Waals surface area contributed by atoms with Crippen LogP contribution in [0.4, 0.5) is 5.88 Å². The molecule has 0 aliphatic carbocycles. The van der Waals surface area contributed by atoms with E-state index in [9.17, 15) is 9.90 Å². The maximum absolute atomic E-state index is 11.8. The van der Waals surface area contributed by atoms with Crippen molar-refractivity contribution in [3.63, 3.8) is 0 Å². The van der Waals surface area contributed by atoms with Gasteiger partial charge in [0.1, 0.15) is 0 Å². The summed E-state index contributed by atoms with van der Waals surface area (Å²) in [5.74, 6) is 0.652. The highest BCUT2D eigenvalue weighted by Crippen LogP contribution is 2.23. The van der Waals surface area contributed by atoms with Gasteiger partial charge in [-0.1, -0.05) is 12.1 Å². The van der Waals surface area contributed by atoms with Gasteiger partial charge in [-0.25, -0.2) is 0 Å². The van der Waals surface area contributed by atoms with Crippen LogP contribution in [0.5, 0.6) is 0 Å². The third-order valence-electron chi connectivity index (χ3n) is 3.42. The molecule has 2 heterocycles. The van der Waals surface area contributed by atoms with Crippen molar-refractivity contribution < 1.29 is 14.4 Å². The molecule has 1 aliphatic rings. The molecule has 6 nitrogen and oxygen atoms in total. The minimum atomic E-state index is -0.140. The molecule has 2 rings (SSSR count). The maximum Gasteiger partial charge on any atom is 0.240 e. The van der Waals surface area contributed by atoms with Crippen LogP contribution in [0.2, 0.25) is 0 Å². The van der Waals surface area contributed by atoms with Gasteiger partial charge in [-0.05, 0) is 25.8 Å². The molecule has 0 bridgehead atoms. The number of aliphatic hydroxyl groups is 1. The van der Waals surface area contributed by atoms with Crippen LogP contribution in [-0.2, 0) is 4.79 Å². The molecule has 0 spiro atoms. The Kier molecular flexibility index (Phi) is 3.98. The van der Waals surface area contributed by atoms with Gasteiger partial charge in [-0.15, -0.1) is 0 Å². The van der Waals surface area contributed by atoms with Gasteiger partial charge in [0.25, 0.3) is 0 Å². The monoisotopic (exact) mass is 253 g/mol. The predicted molar refractivity (Wildman–Crippen MR) is 66.1 cm³/mol. The number of anilines is 1. The number of carbonyl (C=O) groups excluding carboxylic acids is 1. The van der Waals surface area contributed by atoms with Gasteiger partial charge < -0.3 is 9.63 Å². The standard InChI is InChI=1S/C12H19N3O3/c1-8-3-4-15(10(8)7-16)6-11(17)13-12-5-9(2)14-18-12/h5,8,10,16H,3-4,6-7H2,1-2H3,(H,13,17). The lowest BCUT2D eigenvalue weighted by atomic mass is 10.0. The summed E-state index contributed by atoms with van der Waals surface area (Å²) in [5, 5.41) is 15.7. The topological polar surface area (TPSA) is 78.6 Å². The Morgan fingerprint density at radius 1 is 1.72 bits per heavy atom. The fraction of sp³-hybridized carbons (Fsp3) is 0.667. The average molecular weight is 253 g/mol. The lowest BCUT2D eigenvalue weighted by Crippen LogP contribution is -2.40. The number of hydrogen-bond acceptors (Lipinski definition) is 5. The molecule has 1 aromatic heterocycles. The Morgan fingerprint density at radius 3 is 3.11 bits per heavy atom. The molecule has 100 valence electrons. The Balaban J connectivity index is 1.87. The zero-order chi connectivity index (χ0) is 13.1. The number of hydrogen-bond donors (Lipinski definition) is 2. The summed E-state index contributed by atoms with van der Waals surface area (Å²) in [7, 11) is 0. The fourth-order valence-electron chi connectivity index (χ4n) is 2.36. The number of rotatable bonds is 4. The molecule has 2 unspecified atom stereocenters. The molecule has 2 atom stereocenters. The minimum Gasteiger partial charge on any atom is -0.395 e. The van der Waals surface area contributed by atoms with Crippen molar-refractivity contribution in [2.45, 2.75) is 26.3 Å². The third kappa shape index (κ3) is 2.88. The maximum atomic E-state index is 11.8. The SMILES string of the molecule is Cc1cc(NC(=O)CN2CCC(C)C2CO)on1. The van der Waals surface area contributed by atoms with E-state index in [0.29, 0.717) is 11.8 Å². The zero-order valence-corrected chi connectivity index (χ0v) is 10.7. The van der Waals surface area contributed by atoms with Crippen molar-refractivity contribution >= 4 is 11.8 Å². The summed E-state index contributed by atoms with van der Waals surface area (Å²) in [4.78, 5) is 13.8. The molecule has 18 heavy (non-hydrogen) atoms. The second kappa shape index (κ2) is 5.49. The van der Waals surface area contributed by atoms with Crippen molar-refractivity contribution in [1.29, 1.82) is 0 Å². The van der Waals surface area contributed by atoms with Gasteiger partial charge in [0.2, 0.25) is 11.8 Å². The smallest absolute Gasteiger partial charge is 0.240 e. The van der Waals surface area contributed by atoms with Crippen LogP contribution in [0.25, 0.3) is 0 Å². The van der Waals surface area contributed by atoms with E-state index in [-0.39, 0.29) is 25.1 Å². The molecule has 1 aromatic rings. The first-order chi connectivity index (χ1) is 8.60. The van der Waals surface area contributed by atoms with E-state index in [2.05, 4.69) is 17.4 Å². The number of nitrogens with one attached hydrogen (secondary N) is 1. The van der Waals surface area contributed by atoms with Crippen molar-refractivity contribution in [2.75, 3.05) is 25.0 Å². The van der Waals surface area contributed by atoms with E-state index >= 15 is 0 Å². The van der Waals surface area contributed by atoms with Crippen molar-refractivity contribution in [2.24, 2.45) is 5.92 Å². The number of likely N-dealkylation sites (tertiary alicyclic amines) is 1. The molecular formula is C12H19N3O3. The van der Waals surface area contributed by atoms with Crippen LogP contribution < -0.4 is 5.32 Å². The highest BCUT2D eigenvalue weighted by atomic mass is 16.5. The predicted octanol–water partition coefficient (Wildman–Crippen LogP) is 0.624. The normalized spacial score (nSPS) is 24.4. The van der Waals surface area contributed by atoms with E-state index in [1.807, 2.05) is 4.90 Å². The van der Waals surface area contributed by atoms with Gasteiger partial charge in [-0.2, -0.15) is 0 Å². The summed E-state index contributed by atoms with van der Waals surface area (Å²) in [6, 6.07) is 1.75. The van der Waals surface area contributed by atoms with Crippen LogP contribution in [0.15, 0.2) is 10.6 Å². The summed E-state index contributed by atoms with van der Waals surface area (Å²) in [5.41, 5.74) is 0.730. The summed E-state index contributed by atoms with van der Waals surface area (Å²) < 4.78 is 4.92. The highest BCUT2D eigenvalue weighted by Gasteiger charge is 2.31. The van der Waals surface area contributed by atoms with Crippen LogP contribution in [0.3, 0.4) is 0 Å². The van der Waals surface area contributed by atoms with E-state index in [4.69, 9.17) is 4.52 Å². The second-order valence-corrected chi connectivity index (χ2v) is 4.87. The van der Waals surface area contributed by atoms with E-state index in [1.165, 1.54) is 0 Å². The Labute approximate surface area is 106 Å². The van der Waals surface area contributed by atoms with Gasteiger partial charge in [0, 0.05) is 12.1 Å². The van der Waals surface area contributed by atoms with Crippen LogP contribution in [-0.4, -0.2) is 46.8 Å². The molecule has 2 N–H and O–H groups in total. The molecule has 1 amide bonds. The van der Waals surface area contributed by atoms with Gasteiger partial charge in [-0.3, -0.25) is 15.0 Å². The molecule has 0 radical (unpaired) electrons. The van der Waals surface area contributed by atoms with E-state index in [0.717, 1.165) is 18.7 Å². The molecule has 0 aromatic carbocycles. The van der Waals surface area contributed by atoms with Gasteiger partial charge >= 0.3 is 0 Å². The van der Waals surface area contributed by atoms with Crippen molar-refractivity contribution in [1.82, 2.24) is 10.1 Å². The van der Waals surface area contributed by atoms with E-state index in [1.54, 1.807) is 13.0 Å². The van der Waals surface area contributed by atoms with Gasteiger partial charge in [0.05, 0.1) is 18.8 Å². The van der Waals surface area contributed by atoms with Crippen LogP contribution in [0, 0.1) is 12.8 Å². The quantitative estimate of drug-likeness (QED) is 0.822. The number of aliphatic hydroxyl groups excluding tert-OH is 1. The van der Waals surface area contributed by atoms with Gasteiger partial charge in [0.15, 0.2) is 0 Å². The number of aryl methyl sites for hydroxylation is 1. The lowest BCUT2D eigenvalue weighted by Gasteiger charge is -2.23. The summed E-state index contributed by atoms with van der Waals surface area (Å²) in [6.07, 6.45) is 1.01. The second-order valence-electron chi connectivity index (χ2n) is 4.87. The van der Waals surface area contributed by atoms with E-state index < -0.39 is 0 Å². The Bertz CT molecular complexity index is 418. The number of carbonyl (C=O) groups is 1. The first-order valence-corrected chi connectivity index (χ1v) is 6.18. The molecule has 1 saturated heterocycles. The number of aromatic nitrogens is 1. The van der Waals surface area contributed by atoms with Crippen molar-refractivity contribution in [3.8, 4) is 0 Å². The number of amides is 1. The third-order valence-corrected chi connectivity index (χ3v) is 3.42. The first kappa shape index (κ1) is 13.0. The average Bonchev–Trinajstić information content (AvgIpc) is 2.86. The fourth-order valence-corrected chi connectivity index (χ4v) is 2.36. The molecular weight excluding hydrogens is 234 g/mol. The highest BCUT2D eigenvalue weighted by molar-refractivity contribution is 5.91. The summed E-state index contributed by atoms with van der Waals surface area (Å²) >= 11 is 0. The van der Waals surface area contributed by atoms with Crippen molar-refractivity contribution in [3.05, 3.63) is 11.8 Å². The van der Waals surface area contributed by atoms with Crippen LogP contribution >= 0.6 is 0 Å². The summed E-state index contributed by atoms with van der Waals surface area (Å²) in [6.45, 7) is 5.10. The largest absolute Gasteiger partial charge is 0.395 e. The number of nitrogens with zero attached hydrogens (tertiary/aromatic N) is 2. The Morgan fingerprint density at radius 2 is 2.50 bits per heavy atom.